The third-order valence-corrected chi connectivity index (χ3v) is 8.39. The molecule has 1 aromatic carbocycles. The number of carbonyl (C=O) groups excluding carboxylic acids is 1. The van der Waals surface area contributed by atoms with Gasteiger partial charge in [0.2, 0.25) is 0 Å². The van der Waals surface area contributed by atoms with Gasteiger partial charge in [-0.25, -0.2) is 5.21 Å². The zero-order valence-electron chi connectivity index (χ0n) is 19.1. The highest BCUT2D eigenvalue weighted by atomic mass is 16.8. The van der Waals surface area contributed by atoms with Gasteiger partial charge in [-0.2, -0.15) is 5.23 Å². The first-order valence-corrected chi connectivity index (χ1v) is 12.1. The summed E-state index contributed by atoms with van der Waals surface area (Å²) < 4.78 is 5.92. The van der Waals surface area contributed by atoms with Crippen LogP contribution < -0.4 is 10.1 Å². The largest absolute Gasteiger partial charge is 0.595 e. The second-order valence-corrected chi connectivity index (χ2v) is 10.5. The molecule has 5 rings (SSSR count). The first-order chi connectivity index (χ1) is 15.3. The van der Waals surface area contributed by atoms with Gasteiger partial charge in [0.05, 0.1) is 5.92 Å². The number of hydrogen-bond acceptors (Lipinski definition) is 6. The van der Waals surface area contributed by atoms with E-state index < -0.39 is 5.23 Å². The molecule has 7 heteroatoms. The van der Waals surface area contributed by atoms with Gasteiger partial charge in [0.15, 0.2) is 5.69 Å². The summed E-state index contributed by atoms with van der Waals surface area (Å²) in [5, 5.41) is 19.3. The lowest BCUT2D eigenvalue weighted by Gasteiger charge is -2.46. The summed E-state index contributed by atoms with van der Waals surface area (Å²) in [4.78, 5) is 17.5. The Hall–Kier alpha value is -1.93. The standard InChI is InChI=1S/C25H35N3O4/c1-17-4-3-9-25(2)15-23-20(14-22(17)25)21(24(29)32-23)16-26-10-12-27(13-11-26)18-5-7-19(8-6-18)28(30)31/h5-8,14,17,20-21,23,28,30H,3-4,9-13,15-16H2,1-2H3. The Balaban J connectivity index is 1.23. The molecule has 2 aliphatic carbocycles. The number of carbonyl (C=O) groups is 1. The predicted octanol–water partition coefficient (Wildman–Crippen LogP) is 2.53. The quantitative estimate of drug-likeness (QED) is 0.425. The molecule has 0 aromatic heterocycles. The second-order valence-electron chi connectivity index (χ2n) is 10.5. The number of quaternary nitrogens is 1. The molecule has 2 saturated heterocycles. The molecular weight excluding hydrogens is 406 g/mol. The molecule has 4 aliphatic rings. The van der Waals surface area contributed by atoms with E-state index in [0.717, 1.165) is 44.8 Å². The van der Waals surface area contributed by atoms with Crippen molar-refractivity contribution in [2.24, 2.45) is 23.2 Å². The van der Waals surface area contributed by atoms with Gasteiger partial charge in [0, 0.05) is 56.5 Å². The molecular formula is C25H35N3O4. The molecule has 174 valence electrons. The van der Waals surface area contributed by atoms with Crippen LogP contribution in [-0.4, -0.2) is 54.9 Å². The Labute approximate surface area is 190 Å². The number of benzene rings is 1. The molecule has 0 amide bonds. The van der Waals surface area contributed by atoms with Crippen LogP contribution >= 0.6 is 0 Å². The molecule has 32 heavy (non-hydrogen) atoms. The summed E-state index contributed by atoms with van der Waals surface area (Å²) in [5.41, 5.74) is 3.14. The minimum Gasteiger partial charge on any atom is -0.595 e. The maximum Gasteiger partial charge on any atom is 0.311 e. The van der Waals surface area contributed by atoms with E-state index in [1.165, 1.54) is 19.3 Å². The molecule has 6 unspecified atom stereocenters. The number of anilines is 1. The maximum absolute atomic E-state index is 12.8. The van der Waals surface area contributed by atoms with E-state index in [9.17, 15) is 10.0 Å². The van der Waals surface area contributed by atoms with E-state index in [4.69, 9.17) is 9.94 Å². The van der Waals surface area contributed by atoms with Crippen LogP contribution in [0.25, 0.3) is 0 Å². The van der Waals surface area contributed by atoms with Crippen molar-refractivity contribution in [3.63, 3.8) is 0 Å². The zero-order valence-corrected chi connectivity index (χ0v) is 19.1. The minimum atomic E-state index is -0.899. The number of ether oxygens (including phenoxy) is 1. The molecule has 0 spiro atoms. The highest BCUT2D eigenvalue weighted by Crippen LogP contribution is 2.54. The summed E-state index contributed by atoms with van der Waals surface area (Å²) in [6.45, 7) is 9.02. The van der Waals surface area contributed by atoms with Crippen LogP contribution in [0, 0.1) is 28.4 Å². The second kappa shape index (κ2) is 8.45. The fourth-order valence-corrected chi connectivity index (χ4v) is 6.54. The Bertz CT molecular complexity index is 878. The molecule has 1 saturated carbocycles. The highest BCUT2D eigenvalue weighted by Gasteiger charge is 2.52. The minimum absolute atomic E-state index is 0.0153. The Morgan fingerprint density at radius 2 is 1.94 bits per heavy atom. The Morgan fingerprint density at radius 1 is 1.22 bits per heavy atom. The SMILES string of the molecule is CC1CCCC2(C)CC3OC(=O)C(CN4CCN(c5ccc([NH+]([O-])O)cc5)CC4)C3C=C12. The van der Waals surface area contributed by atoms with Crippen molar-refractivity contribution < 1.29 is 20.0 Å². The zero-order chi connectivity index (χ0) is 22.5. The van der Waals surface area contributed by atoms with Crippen LogP contribution in [0.4, 0.5) is 11.4 Å². The number of esters is 1. The van der Waals surface area contributed by atoms with Crippen LogP contribution in [0.2, 0.25) is 0 Å². The average Bonchev–Trinajstić information content (AvgIpc) is 3.06. The molecule has 0 bridgehead atoms. The molecule has 3 fully saturated rings. The van der Waals surface area contributed by atoms with Gasteiger partial charge in [-0.15, -0.1) is 0 Å². The summed E-state index contributed by atoms with van der Waals surface area (Å²) in [6.07, 6.45) is 7.20. The third-order valence-electron chi connectivity index (χ3n) is 8.39. The van der Waals surface area contributed by atoms with E-state index >= 15 is 0 Å². The van der Waals surface area contributed by atoms with Gasteiger partial charge >= 0.3 is 5.97 Å². The van der Waals surface area contributed by atoms with E-state index in [1.807, 2.05) is 12.1 Å². The summed E-state index contributed by atoms with van der Waals surface area (Å²) in [7, 11) is 0. The van der Waals surface area contributed by atoms with Crippen LogP contribution in [0.15, 0.2) is 35.9 Å². The smallest absolute Gasteiger partial charge is 0.311 e. The van der Waals surface area contributed by atoms with Gasteiger partial charge in [-0.3, -0.25) is 9.69 Å². The van der Waals surface area contributed by atoms with E-state index in [0.29, 0.717) is 11.6 Å². The Morgan fingerprint density at radius 3 is 2.62 bits per heavy atom. The van der Waals surface area contributed by atoms with E-state index in [2.05, 4.69) is 29.7 Å². The first kappa shape index (κ1) is 21.9. The number of nitrogens with one attached hydrogen (secondary N) is 1. The lowest BCUT2D eigenvalue weighted by atomic mass is 9.59. The van der Waals surface area contributed by atoms with Crippen LogP contribution in [0.5, 0.6) is 0 Å². The van der Waals surface area contributed by atoms with Crippen molar-refractivity contribution in [1.82, 2.24) is 4.90 Å². The number of hydrogen-bond donors (Lipinski definition) is 2. The summed E-state index contributed by atoms with van der Waals surface area (Å²) >= 11 is 0. The molecule has 2 heterocycles. The third kappa shape index (κ3) is 3.96. The summed E-state index contributed by atoms with van der Waals surface area (Å²) in [5.74, 6) is 0.751. The van der Waals surface area contributed by atoms with Crippen molar-refractivity contribution in [3.05, 3.63) is 41.1 Å². The van der Waals surface area contributed by atoms with Gasteiger partial charge in [0.1, 0.15) is 6.10 Å². The summed E-state index contributed by atoms with van der Waals surface area (Å²) in [6, 6.07) is 7.09. The molecule has 2 N–H and O–H groups in total. The van der Waals surface area contributed by atoms with Crippen molar-refractivity contribution in [2.75, 3.05) is 37.6 Å². The number of fused-ring (bicyclic) bond motifs is 2. The van der Waals surface area contributed by atoms with Crippen molar-refractivity contribution >= 4 is 17.3 Å². The molecule has 1 aromatic rings. The average molecular weight is 442 g/mol. The number of rotatable bonds is 4. The van der Waals surface area contributed by atoms with Gasteiger partial charge in [-0.05, 0) is 42.7 Å². The van der Waals surface area contributed by atoms with Crippen LogP contribution in [0.1, 0.15) is 39.5 Å². The fraction of sp³-hybridized carbons (Fsp3) is 0.640. The molecule has 6 atom stereocenters. The van der Waals surface area contributed by atoms with Gasteiger partial charge < -0.3 is 14.8 Å². The number of piperazine rings is 1. The monoisotopic (exact) mass is 441 g/mol. The van der Waals surface area contributed by atoms with Crippen LogP contribution in [0.3, 0.4) is 0 Å². The molecule has 2 aliphatic heterocycles. The van der Waals surface area contributed by atoms with Crippen LogP contribution in [-0.2, 0) is 9.53 Å². The highest BCUT2D eigenvalue weighted by molar-refractivity contribution is 5.76. The lowest BCUT2D eigenvalue weighted by molar-refractivity contribution is -0.991. The maximum atomic E-state index is 12.8. The number of nitrogens with zero attached hydrogens (tertiary/aromatic N) is 2. The van der Waals surface area contributed by atoms with E-state index in [-0.39, 0.29) is 29.3 Å². The lowest BCUT2D eigenvalue weighted by Crippen LogP contribution is -2.99. The van der Waals surface area contributed by atoms with Crippen molar-refractivity contribution in [3.8, 4) is 0 Å². The number of allylic oxidation sites excluding steroid dienone is 1. The molecule has 7 nitrogen and oxygen atoms in total. The van der Waals surface area contributed by atoms with Gasteiger partial charge in [0.25, 0.3) is 0 Å². The topological polar surface area (TPSA) is 80.5 Å². The normalized spacial score (nSPS) is 36.2. The Kier molecular flexibility index (Phi) is 5.78. The van der Waals surface area contributed by atoms with Crippen molar-refractivity contribution in [1.29, 1.82) is 0 Å². The van der Waals surface area contributed by atoms with Gasteiger partial charge in [-0.1, -0.05) is 31.9 Å². The van der Waals surface area contributed by atoms with E-state index in [1.54, 1.807) is 17.7 Å². The fourth-order valence-electron chi connectivity index (χ4n) is 6.54. The molecule has 0 radical (unpaired) electrons. The van der Waals surface area contributed by atoms with Crippen molar-refractivity contribution in [2.45, 2.75) is 45.6 Å². The first-order valence-electron chi connectivity index (χ1n) is 12.1. The predicted molar refractivity (Wildman–Crippen MR) is 122 cm³/mol.